The Kier molecular flexibility index (Phi) is 3.16. The predicted octanol–water partition coefficient (Wildman–Crippen LogP) is 2.91. The van der Waals surface area contributed by atoms with Crippen molar-refractivity contribution in [1.82, 2.24) is 0 Å². The van der Waals surface area contributed by atoms with Gasteiger partial charge in [0.15, 0.2) is 0 Å². The molecule has 0 saturated heterocycles. The largest absolute Gasteiger partial charge is 0.251 e. The summed E-state index contributed by atoms with van der Waals surface area (Å²) in [4.78, 5) is 14.3. The number of alkyl halides is 1. The zero-order chi connectivity index (χ0) is 11.4. The number of benzene rings is 1. The third-order valence-electron chi connectivity index (χ3n) is 3.31. The monoisotopic (exact) mass is 219 g/mol. The van der Waals surface area contributed by atoms with Crippen molar-refractivity contribution >= 4 is 6.08 Å². The molecule has 0 radical (unpaired) electrons. The summed E-state index contributed by atoms with van der Waals surface area (Å²) in [5.41, 5.74) is 1.69. The molecular weight excluding hydrogens is 205 g/mol. The van der Waals surface area contributed by atoms with E-state index in [1.165, 1.54) is 0 Å². The second-order valence-corrected chi connectivity index (χ2v) is 4.22. The summed E-state index contributed by atoms with van der Waals surface area (Å²) in [6.07, 6.45) is 5.02. The number of isocyanates is 1. The summed E-state index contributed by atoms with van der Waals surface area (Å²) in [6.45, 7) is -0.336. The van der Waals surface area contributed by atoms with Crippen molar-refractivity contribution in [3.05, 3.63) is 35.4 Å². The van der Waals surface area contributed by atoms with Crippen LogP contribution in [0.25, 0.3) is 0 Å². The zero-order valence-corrected chi connectivity index (χ0v) is 9.08. The summed E-state index contributed by atoms with van der Waals surface area (Å²) in [5.74, 6) is 0. The van der Waals surface area contributed by atoms with E-state index in [0.29, 0.717) is 6.42 Å². The van der Waals surface area contributed by atoms with E-state index in [-0.39, 0.29) is 12.2 Å². The summed E-state index contributed by atoms with van der Waals surface area (Å²) in [6, 6.07) is 7.72. The fraction of sp³-hybridized carbons (Fsp3) is 0.462. The highest BCUT2D eigenvalue weighted by Gasteiger charge is 2.38. The quantitative estimate of drug-likeness (QED) is 0.565. The minimum atomic E-state index is -0.337. The van der Waals surface area contributed by atoms with Gasteiger partial charge in [0.05, 0.1) is 12.2 Å². The van der Waals surface area contributed by atoms with Crippen LogP contribution in [-0.2, 0) is 16.8 Å². The Balaban J connectivity index is 2.23. The van der Waals surface area contributed by atoms with Crippen molar-refractivity contribution in [1.29, 1.82) is 0 Å². The minimum Gasteiger partial charge on any atom is -0.251 e. The SMILES string of the molecule is O=C=NC1(c2ccc(CCF)cc2)CCC1. The maximum atomic E-state index is 12.1. The number of nitrogens with zero attached hydrogens (tertiary/aromatic N) is 1. The lowest BCUT2D eigenvalue weighted by Crippen LogP contribution is -2.31. The molecule has 84 valence electrons. The maximum Gasteiger partial charge on any atom is 0.235 e. The second-order valence-electron chi connectivity index (χ2n) is 4.22. The first-order valence-electron chi connectivity index (χ1n) is 5.55. The van der Waals surface area contributed by atoms with E-state index < -0.39 is 0 Å². The lowest BCUT2D eigenvalue weighted by atomic mass is 9.72. The predicted molar refractivity (Wildman–Crippen MR) is 59.8 cm³/mol. The summed E-state index contributed by atoms with van der Waals surface area (Å²) < 4.78 is 12.1. The summed E-state index contributed by atoms with van der Waals surface area (Å²) >= 11 is 0. The highest BCUT2D eigenvalue weighted by Crippen LogP contribution is 2.44. The molecule has 0 N–H and O–H groups in total. The van der Waals surface area contributed by atoms with Crippen molar-refractivity contribution in [2.24, 2.45) is 4.99 Å². The molecule has 0 amide bonds. The number of rotatable bonds is 4. The van der Waals surface area contributed by atoms with E-state index >= 15 is 0 Å². The average Bonchev–Trinajstić information content (AvgIpc) is 2.25. The number of aliphatic imine (C=N–C) groups is 1. The lowest BCUT2D eigenvalue weighted by Gasteiger charge is -2.37. The molecule has 1 fully saturated rings. The molecule has 0 unspecified atom stereocenters. The first-order chi connectivity index (χ1) is 7.80. The van der Waals surface area contributed by atoms with Crippen LogP contribution in [0.15, 0.2) is 29.3 Å². The van der Waals surface area contributed by atoms with Gasteiger partial charge >= 0.3 is 0 Å². The van der Waals surface area contributed by atoms with Crippen molar-refractivity contribution in [3.63, 3.8) is 0 Å². The van der Waals surface area contributed by atoms with Crippen LogP contribution in [0.1, 0.15) is 30.4 Å². The Bertz CT molecular complexity index is 402. The third-order valence-corrected chi connectivity index (χ3v) is 3.31. The topological polar surface area (TPSA) is 29.4 Å². The smallest absolute Gasteiger partial charge is 0.235 e. The van der Waals surface area contributed by atoms with E-state index in [1.54, 1.807) is 6.08 Å². The second kappa shape index (κ2) is 4.58. The number of hydrogen-bond donors (Lipinski definition) is 0. The lowest BCUT2D eigenvalue weighted by molar-refractivity contribution is 0.256. The molecule has 1 saturated carbocycles. The van der Waals surface area contributed by atoms with Gasteiger partial charge in [-0.05, 0) is 30.4 Å². The molecule has 1 aliphatic carbocycles. The number of halogens is 1. The van der Waals surface area contributed by atoms with Crippen LogP contribution < -0.4 is 0 Å². The summed E-state index contributed by atoms with van der Waals surface area (Å²) in [7, 11) is 0. The standard InChI is InChI=1S/C13H14FNO/c14-9-6-11-2-4-12(5-3-11)13(15-10-16)7-1-8-13/h2-5H,1,6-9H2. The molecule has 1 aromatic carbocycles. The van der Waals surface area contributed by atoms with E-state index in [4.69, 9.17) is 0 Å². The van der Waals surface area contributed by atoms with Gasteiger partial charge in [-0.1, -0.05) is 24.3 Å². The zero-order valence-electron chi connectivity index (χ0n) is 9.08. The van der Waals surface area contributed by atoms with Gasteiger partial charge in [0, 0.05) is 6.42 Å². The molecular formula is C13H14FNO. The van der Waals surface area contributed by atoms with E-state index in [1.807, 2.05) is 24.3 Å². The Hall–Kier alpha value is -1.47. The van der Waals surface area contributed by atoms with Gasteiger partial charge in [-0.15, -0.1) is 0 Å². The molecule has 3 heteroatoms. The van der Waals surface area contributed by atoms with Gasteiger partial charge in [-0.25, -0.2) is 4.79 Å². The minimum absolute atomic E-state index is 0.336. The van der Waals surface area contributed by atoms with Crippen LogP contribution >= 0.6 is 0 Å². The van der Waals surface area contributed by atoms with Crippen molar-refractivity contribution in [3.8, 4) is 0 Å². The highest BCUT2D eigenvalue weighted by molar-refractivity contribution is 5.40. The van der Waals surface area contributed by atoms with Gasteiger partial charge in [0.2, 0.25) is 6.08 Å². The molecule has 16 heavy (non-hydrogen) atoms. The molecule has 2 nitrogen and oxygen atoms in total. The Morgan fingerprint density at radius 1 is 1.31 bits per heavy atom. The number of hydrogen-bond acceptors (Lipinski definition) is 2. The Morgan fingerprint density at radius 2 is 2.00 bits per heavy atom. The van der Waals surface area contributed by atoms with Gasteiger partial charge in [-0.3, -0.25) is 4.39 Å². The van der Waals surface area contributed by atoms with E-state index in [0.717, 1.165) is 30.4 Å². The molecule has 1 aliphatic rings. The van der Waals surface area contributed by atoms with Crippen LogP contribution in [0.5, 0.6) is 0 Å². The normalized spacial score (nSPS) is 17.3. The Morgan fingerprint density at radius 3 is 2.44 bits per heavy atom. The first kappa shape index (κ1) is 11.0. The molecule has 0 atom stereocenters. The number of carbonyl (C=O) groups excluding carboxylic acids is 1. The fourth-order valence-corrected chi connectivity index (χ4v) is 2.15. The molecule has 1 aromatic rings. The van der Waals surface area contributed by atoms with Crippen LogP contribution in [0, 0.1) is 0 Å². The van der Waals surface area contributed by atoms with Crippen molar-refractivity contribution < 1.29 is 9.18 Å². The van der Waals surface area contributed by atoms with Crippen molar-refractivity contribution in [2.75, 3.05) is 6.67 Å². The van der Waals surface area contributed by atoms with Gasteiger partial charge in [-0.2, -0.15) is 4.99 Å². The van der Waals surface area contributed by atoms with Crippen LogP contribution in [0.2, 0.25) is 0 Å². The molecule has 0 heterocycles. The number of aryl methyl sites for hydroxylation is 1. The Labute approximate surface area is 94.2 Å². The summed E-state index contributed by atoms with van der Waals surface area (Å²) in [5, 5.41) is 0. The molecule has 0 aromatic heterocycles. The maximum absolute atomic E-state index is 12.1. The average molecular weight is 219 g/mol. The van der Waals surface area contributed by atoms with Crippen LogP contribution in [0.4, 0.5) is 4.39 Å². The highest BCUT2D eigenvalue weighted by atomic mass is 19.1. The van der Waals surface area contributed by atoms with E-state index in [2.05, 4.69) is 4.99 Å². The first-order valence-corrected chi connectivity index (χ1v) is 5.55. The van der Waals surface area contributed by atoms with Crippen molar-refractivity contribution in [2.45, 2.75) is 31.2 Å². The van der Waals surface area contributed by atoms with Crippen LogP contribution in [-0.4, -0.2) is 12.8 Å². The molecule has 2 rings (SSSR count). The third kappa shape index (κ3) is 1.91. The molecule has 0 aliphatic heterocycles. The van der Waals surface area contributed by atoms with Gasteiger partial charge in [0.1, 0.15) is 0 Å². The van der Waals surface area contributed by atoms with Gasteiger partial charge < -0.3 is 0 Å². The molecule has 0 spiro atoms. The fourth-order valence-electron chi connectivity index (χ4n) is 2.15. The van der Waals surface area contributed by atoms with Crippen LogP contribution in [0.3, 0.4) is 0 Å². The molecule has 0 bridgehead atoms. The van der Waals surface area contributed by atoms with E-state index in [9.17, 15) is 9.18 Å². The van der Waals surface area contributed by atoms with Gasteiger partial charge in [0.25, 0.3) is 0 Å².